The topological polar surface area (TPSA) is 121 Å². The van der Waals surface area contributed by atoms with E-state index < -0.39 is 29.5 Å². The number of nitrogens with one attached hydrogen (secondary N) is 1. The summed E-state index contributed by atoms with van der Waals surface area (Å²) in [4.78, 5) is 15.1. The summed E-state index contributed by atoms with van der Waals surface area (Å²) in [6, 6.07) is 28.1. The van der Waals surface area contributed by atoms with Gasteiger partial charge in [0.1, 0.15) is 17.8 Å². The van der Waals surface area contributed by atoms with Gasteiger partial charge in [0.2, 0.25) is 0 Å². The number of carbonyl (C=O) groups is 1. The number of carbonyl (C=O) groups excluding carboxylic acids is 1. The Morgan fingerprint density at radius 2 is 1.35 bits per heavy atom. The third-order valence-electron chi connectivity index (χ3n) is 7.95. The van der Waals surface area contributed by atoms with E-state index in [4.69, 9.17) is 14.2 Å². The van der Waals surface area contributed by atoms with Crippen molar-refractivity contribution in [2.24, 2.45) is 0 Å². The summed E-state index contributed by atoms with van der Waals surface area (Å²) >= 11 is 0. The monoisotopic (exact) mass is 592 g/mol. The van der Waals surface area contributed by atoms with Crippen LogP contribution in [0.15, 0.2) is 91.0 Å². The van der Waals surface area contributed by atoms with Crippen LogP contribution in [-0.4, -0.2) is 95.4 Å². The molecule has 0 bridgehead atoms. The van der Waals surface area contributed by atoms with E-state index in [9.17, 15) is 20.1 Å². The zero-order chi connectivity index (χ0) is 30.5. The molecular weight excluding hydrogens is 548 g/mol. The van der Waals surface area contributed by atoms with E-state index in [0.29, 0.717) is 19.4 Å². The minimum absolute atomic E-state index is 0.0114. The number of hydrogen-bond acceptors (Lipinski definition) is 9. The first-order valence-corrected chi connectivity index (χ1v) is 14.8. The van der Waals surface area contributed by atoms with Gasteiger partial charge in [-0.1, -0.05) is 91.0 Å². The molecule has 4 rings (SSSR count). The van der Waals surface area contributed by atoms with Crippen molar-refractivity contribution in [3.63, 3.8) is 0 Å². The second-order valence-corrected chi connectivity index (χ2v) is 11.2. The number of benzene rings is 3. The second kappa shape index (κ2) is 16.2. The van der Waals surface area contributed by atoms with E-state index in [2.05, 4.69) is 5.32 Å². The summed E-state index contributed by atoms with van der Waals surface area (Å²) in [6.07, 6.45) is -3.93. The largest absolute Gasteiger partial charge is 0.390 e. The van der Waals surface area contributed by atoms with Crippen LogP contribution < -0.4 is 5.32 Å². The molecule has 4 N–H and O–H groups in total. The van der Waals surface area contributed by atoms with E-state index in [1.165, 1.54) is 6.92 Å². The third-order valence-corrected chi connectivity index (χ3v) is 7.95. The van der Waals surface area contributed by atoms with Crippen molar-refractivity contribution in [3.8, 4) is 0 Å². The summed E-state index contributed by atoms with van der Waals surface area (Å²) < 4.78 is 18.5. The fraction of sp³-hybridized carbons (Fsp3) is 0.441. The van der Waals surface area contributed by atoms with Crippen LogP contribution in [0.3, 0.4) is 0 Å². The van der Waals surface area contributed by atoms with Crippen LogP contribution in [0.1, 0.15) is 23.6 Å². The van der Waals surface area contributed by atoms with Crippen molar-refractivity contribution in [1.29, 1.82) is 0 Å². The summed E-state index contributed by atoms with van der Waals surface area (Å²) in [5, 5.41) is 38.5. The zero-order valence-electron chi connectivity index (χ0n) is 24.8. The molecule has 3 aromatic rings. The second-order valence-electron chi connectivity index (χ2n) is 11.2. The summed E-state index contributed by atoms with van der Waals surface area (Å²) in [6.45, 7) is 4.09. The van der Waals surface area contributed by atoms with Crippen LogP contribution in [0, 0.1) is 0 Å². The fourth-order valence-corrected chi connectivity index (χ4v) is 5.25. The molecule has 0 saturated carbocycles. The van der Waals surface area contributed by atoms with Crippen molar-refractivity contribution in [2.75, 3.05) is 39.3 Å². The minimum atomic E-state index is -2.10. The lowest BCUT2D eigenvalue weighted by Gasteiger charge is -2.46. The number of rotatable bonds is 17. The molecule has 0 radical (unpaired) electrons. The Kier molecular flexibility index (Phi) is 12.4. The Bertz CT molecular complexity index is 1210. The molecule has 5 atom stereocenters. The SMILES string of the molecule is C[C@@H](O)[C@](O)(COCc1ccccc1)[C@@H](OCc1ccccc1)[C@H](O)C(C=O)(CN1CCNCC1)OCc1ccccc1. The van der Waals surface area contributed by atoms with Crippen LogP contribution in [0.4, 0.5) is 0 Å². The Morgan fingerprint density at radius 1 is 0.837 bits per heavy atom. The van der Waals surface area contributed by atoms with Crippen molar-refractivity contribution in [3.05, 3.63) is 108 Å². The molecule has 9 heteroatoms. The first-order chi connectivity index (χ1) is 20.9. The average molecular weight is 593 g/mol. The number of aliphatic hydroxyl groups is 3. The van der Waals surface area contributed by atoms with E-state index >= 15 is 0 Å². The molecule has 9 nitrogen and oxygen atoms in total. The van der Waals surface area contributed by atoms with E-state index in [1.54, 1.807) is 0 Å². The molecule has 1 heterocycles. The fourth-order valence-electron chi connectivity index (χ4n) is 5.25. The van der Waals surface area contributed by atoms with Crippen molar-refractivity contribution >= 4 is 6.29 Å². The first-order valence-electron chi connectivity index (χ1n) is 14.8. The van der Waals surface area contributed by atoms with Gasteiger partial charge in [0.05, 0.1) is 32.5 Å². The number of aliphatic hydroxyl groups excluding tert-OH is 2. The number of hydrogen-bond donors (Lipinski definition) is 4. The predicted octanol–water partition coefficient (Wildman–Crippen LogP) is 2.32. The van der Waals surface area contributed by atoms with Gasteiger partial charge in [-0.2, -0.15) is 0 Å². The molecule has 0 amide bonds. The van der Waals surface area contributed by atoms with Crippen molar-refractivity contribution in [1.82, 2.24) is 10.2 Å². The van der Waals surface area contributed by atoms with Gasteiger partial charge in [0.15, 0.2) is 11.9 Å². The summed E-state index contributed by atoms with van der Waals surface area (Å²) in [7, 11) is 0. The minimum Gasteiger partial charge on any atom is -0.390 e. The van der Waals surface area contributed by atoms with Gasteiger partial charge in [-0.15, -0.1) is 0 Å². The van der Waals surface area contributed by atoms with Crippen LogP contribution in [0.5, 0.6) is 0 Å². The van der Waals surface area contributed by atoms with Gasteiger partial charge in [0.25, 0.3) is 0 Å². The van der Waals surface area contributed by atoms with Gasteiger partial charge >= 0.3 is 0 Å². The lowest BCUT2D eigenvalue weighted by Crippen LogP contribution is -2.68. The molecule has 3 aromatic carbocycles. The molecule has 0 aliphatic carbocycles. The van der Waals surface area contributed by atoms with Crippen LogP contribution in [0.25, 0.3) is 0 Å². The Morgan fingerprint density at radius 3 is 1.86 bits per heavy atom. The van der Waals surface area contributed by atoms with Gasteiger partial charge in [-0.3, -0.25) is 9.69 Å². The molecule has 1 unspecified atom stereocenters. The molecule has 1 aliphatic rings. The number of piperazine rings is 1. The zero-order valence-corrected chi connectivity index (χ0v) is 24.8. The number of ether oxygens (including phenoxy) is 3. The van der Waals surface area contributed by atoms with E-state index in [1.807, 2.05) is 95.9 Å². The molecule has 232 valence electrons. The lowest BCUT2D eigenvalue weighted by atomic mass is 9.81. The molecular formula is C34H44N2O7. The van der Waals surface area contributed by atoms with Gasteiger partial charge in [-0.25, -0.2) is 0 Å². The predicted molar refractivity (Wildman–Crippen MR) is 163 cm³/mol. The maximum Gasteiger partial charge on any atom is 0.164 e. The van der Waals surface area contributed by atoms with Crippen molar-refractivity contribution < 1.29 is 34.3 Å². The molecule has 1 fully saturated rings. The van der Waals surface area contributed by atoms with Gasteiger partial charge in [-0.05, 0) is 23.6 Å². The van der Waals surface area contributed by atoms with E-state index in [-0.39, 0.29) is 33.0 Å². The number of aldehydes is 1. The Balaban J connectivity index is 1.66. The standard InChI is InChI=1S/C34H44N2O7/c1-27(38)34(40,26-41-21-28-11-5-2-6-12-28)32(42-22-29-13-7-3-8-14-29)31(39)33(25-37,24-36-19-17-35-18-20-36)43-23-30-15-9-4-10-16-30/h2-16,25,27,31-32,35,38-40H,17-24,26H2,1H3/t27-,31+,32+,33?,34-/m1/s1. The summed E-state index contributed by atoms with van der Waals surface area (Å²) in [5.41, 5.74) is -1.40. The third kappa shape index (κ3) is 9.01. The van der Waals surface area contributed by atoms with Crippen LogP contribution in [0.2, 0.25) is 0 Å². The Labute approximate surface area is 254 Å². The quantitative estimate of drug-likeness (QED) is 0.175. The highest BCUT2D eigenvalue weighted by Gasteiger charge is 2.54. The maximum absolute atomic E-state index is 13.1. The molecule has 0 aromatic heterocycles. The molecule has 0 spiro atoms. The van der Waals surface area contributed by atoms with Crippen molar-refractivity contribution in [2.45, 2.75) is 56.3 Å². The smallest absolute Gasteiger partial charge is 0.164 e. The maximum atomic E-state index is 13.1. The normalized spacial score (nSPS) is 19.1. The molecule has 43 heavy (non-hydrogen) atoms. The molecule has 1 aliphatic heterocycles. The number of nitrogens with zero attached hydrogens (tertiary/aromatic N) is 1. The highest BCUT2D eigenvalue weighted by molar-refractivity contribution is 5.65. The van der Waals surface area contributed by atoms with Gasteiger partial charge < -0.3 is 34.8 Å². The van der Waals surface area contributed by atoms with Gasteiger partial charge in [0, 0.05) is 32.7 Å². The average Bonchev–Trinajstić information content (AvgIpc) is 3.05. The lowest BCUT2D eigenvalue weighted by molar-refractivity contribution is -0.251. The van der Waals surface area contributed by atoms with E-state index in [0.717, 1.165) is 29.8 Å². The molecule has 1 saturated heterocycles. The Hall–Kier alpha value is -2.99. The first kappa shape index (κ1) is 32.9. The highest BCUT2D eigenvalue weighted by Crippen LogP contribution is 2.32. The summed E-state index contributed by atoms with van der Waals surface area (Å²) in [5.74, 6) is 0. The van der Waals surface area contributed by atoms with Crippen LogP contribution in [-0.2, 0) is 38.8 Å². The van der Waals surface area contributed by atoms with Crippen LogP contribution >= 0.6 is 0 Å². The highest BCUT2D eigenvalue weighted by atomic mass is 16.6.